The molecule has 11 heteroatoms. The Labute approximate surface area is 212 Å². The molecule has 1 aromatic carbocycles. The van der Waals surface area contributed by atoms with E-state index in [2.05, 4.69) is 25.4 Å². The summed E-state index contributed by atoms with van der Waals surface area (Å²) in [6, 6.07) is 11.7. The molecule has 0 bridgehead atoms. The monoisotopic (exact) mass is 504 g/mol. The molecule has 0 spiro atoms. The molecule has 190 valence electrons. The molecule has 1 saturated heterocycles. The maximum Gasteiger partial charge on any atom is 0.270 e. The number of carbonyl (C=O) groups is 1. The van der Waals surface area contributed by atoms with Gasteiger partial charge in [-0.25, -0.2) is 13.8 Å². The fourth-order valence-corrected chi connectivity index (χ4v) is 4.89. The summed E-state index contributed by atoms with van der Waals surface area (Å²) >= 11 is 0. The highest BCUT2D eigenvalue weighted by Crippen LogP contribution is 2.29. The van der Waals surface area contributed by atoms with Crippen molar-refractivity contribution < 1.29 is 13.6 Å². The number of rotatable bonds is 6. The molecule has 3 aromatic heterocycles. The number of carbonyl (C=O) groups excluding carboxylic acids is 1. The first kappa shape index (κ1) is 23.1. The summed E-state index contributed by atoms with van der Waals surface area (Å²) in [7, 11) is 1.85. The van der Waals surface area contributed by atoms with Crippen molar-refractivity contribution in [3.8, 4) is 11.1 Å². The number of anilines is 3. The number of aromatic nitrogens is 5. The van der Waals surface area contributed by atoms with E-state index in [1.807, 2.05) is 54.2 Å². The summed E-state index contributed by atoms with van der Waals surface area (Å²) in [6.45, 7) is 1.49. The van der Waals surface area contributed by atoms with Crippen LogP contribution in [0.5, 0.6) is 0 Å². The minimum atomic E-state index is -2.38. The van der Waals surface area contributed by atoms with Crippen molar-refractivity contribution in [1.82, 2.24) is 29.6 Å². The van der Waals surface area contributed by atoms with Gasteiger partial charge in [-0.05, 0) is 41.8 Å². The Morgan fingerprint density at radius 2 is 1.97 bits per heavy atom. The molecule has 0 atom stereocenters. The van der Waals surface area contributed by atoms with Crippen molar-refractivity contribution >= 4 is 23.4 Å². The summed E-state index contributed by atoms with van der Waals surface area (Å²) in [5.74, 6) is 0.367. The van der Waals surface area contributed by atoms with Gasteiger partial charge in [-0.1, -0.05) is 12.1 Å². The van der Waals surface area contributed by atoms with Crippen LogP contribution in [0.4, 0.5) is 26.2 Å². The molecule has 2 aliphatic heterocycles. The predicted molar refractivity (Wildman–Crippen MR) is 135 cm³/mol. The smallest absolute Gasteiger partial charge is 0.270 e. The standard InChI is InChI=1S/C26H26F2N8O/c1-34-21(25(37)36-13-19(14-36)24(27)28)10-17-7-9-35(15-22(17)34)26-29-8-6-23(33-26)32-20-4-2-16(3-5-20)18-11-30-31-12-18/h2-6,8,10-12,19,24H,7,9,13-15H2,1H3,(H,30,31)(H,29,32,33). The molecule has 2 aliphatic rings. The highest BCUT2D eigenvalue weighted by atomic mass is 19.3. The summed E-state index contributed by atoms with van der Waals surface area (Å²) < 4.78 is 27.6. The minimum absolute atomic E-state index is 0.109. The van der Waals surface area contributed by atoms with Crippen LogP contribution in [-0.4, -0.2) is 61.6 Å². The lowest BCUT2D eigenvalue weighted by molar-refractivity contribution is -0.0156. The van der Waals surface area contributed by atoms with Gasteiger partial charge in [-0.2, -0.15) is 10.1 Å². The zero-order chi connectivity index (χ0) is 25.5. The van der Waals surface area contributed by atoms with E-state index in [9.17, 15) is 13.6 Å². The molecule has 9 nitrogen and oxygen atoms in total. The molecule has 0 radical (unpaired) electrons. The van der Waals surface area contributed by atoms with Gasteiger partial charge >= 0.3 is 0 Å². The number of hydrogen-bond acceptors (Lipinski definition) is 6. The van der Waals surface area contributed by atoms with Gasteiger partial charge in [-0.15, -0.1) is 0 Å². The summed E-state index contributed by atoms with van der Waals surface area (Å²) in [4.78, 5) is 25.7. The van der Waals surface area contributed by atoms with E-state index in [1.165, 1.54) is 4.90 Å². The molecular weight excluding hydrogens is 478 g/mol. The lowest BCUT2D eigenvalue weighted by Gasteiger charge is -2.38. The SMILES string of the molecule is Cn1c(C(=O)N2CC(C(F)F)C2)cc2c1CN(c1nccc(Nc3ccc(-c4cn[nH]c4)cc3)n1)CC2. The first-order chi connectivity index (χ1) is 18.0. The molecule has 4 aromatic rings. The van der Waals surface area contributed by atoms with Crippen LogP contribution < -0.4 is 10.2 Å². The lowest BCUT2D eigenvalue weighted by atomic mass is 10.0. The molecule has 5 heterocycles. The quantitative estimate of drug-likeness (QED) is 0.414. The lowest BCUT2D eigenvalue weighted by Crippen LogP contribution is -2.53. The van der Waals surface area contributed by atoms with Gasteiger partial charge < -0.3 is 19.7 Å². The van der Waals surface area contributed by atoms with E-state index >= 15 is 0 Å². The number of amides is 1. The van der Waals surface area contributed by atoms with E-state index in [0.29, 0.717) is 30.5 Å². The second kappa shape index (κ2) is 9.30. The minimum Gasteiger partial charge on any atom is -0.342 e. The van der Waals surface area contributed by atoms with Crippen molar-refractivity contribution in [3.63, 3.8) is 0 Å². The number of nitrogens with one attached hydrogen (secondary N) is 2. The fourth-order valence-electron chi connectivity index (χ4n) is 4.89. The van der Waals surface area contributed by atoms with Gasteiger partial charge in [0.1, 0.15) is 11.5 Å². The highest BCUT2D eigenvalue weighted by Gasteiger charge is 2.38. The number of fused-ring (bicyclic) bond motifs is 1. The number of hydrogen-bond donors (Lipinski definition) is 2. The van der Waals surface area contributed by atoms with E-state index in [0.717, 1.165) is 34.5 Å². The first-order valence-electron chi connectivity index (χ1n) is 12.2. The van der Waals surface area contributed by atoms with Crippen molar-refractivity contribution in [2.24, 2.45) is 13.0 Å². The largest absolute Gasteiger partial charge is 0.342 e. The Morgan fingerprint density at radius 1 is 1.16 bits per heavy atom. The van der Waals surface area contributed by atoms with Crippen molar-refractivity contribution in [2.45, 2.75) is 19.4 Å². The third-order valence-corrected chi connectivity index (χ3v) is 7.13. The number of nitrogens with zero attached hydrogens (tertiary/aromatic N) is 6. The van der Waals surface area contributed by atoms with Gasteiger partial charge in [0, 0.05) is 56.0 Å². The summed E-state index contributed by atoms with van der Waals surface area (Å²) in [6.07, 6.45) is 3.71. The molecular formula is C26H26F2N8O. The molecule has 0 aliphatic carbocycles. The van der Waals surface area contributed by atoms with E-state index in [4.69, 9.17) is 4.98 Å². The predicted octanol–water partition coefficient (Wildman–Crippen LogP) is 3.85. The molecule has 2 N–H and O–H groups in total. The van der Waals surface area contributed by atoms with Gasteiger partial charge in [0.05, 0.1) is 18.7 Å². The zero-order valence-electron chi connectivity index (χ0n) is 20.2. The second-order valence-electron chi connectivity index (χ2n) is 9.47. The summed E-state index contributed by atoms with van der Waals surface area (Å²) in [5.41, 5.74) is 5.64. The third-order valence-electron chi connectivity index (χ3n) is 7.13. The summed E-state index contributed by atoms with van der Waals surface area (Å²) in [5, 5.41) is 10.1. The number of likely N-dealkylation sites (tertiary alicyclic amines) is 1. The van der Waals surface area contributed by atoms with E-state index in [1.54, 1.807) is 12.4 Å². The van der Waals surface area contributed by atoms with Gasteiger partial charge in [0.15, 0.2) is 0 Å². The van der Waals surface area contributed by atoms with Crippen LogP contribution in [0, 0.1) is 5.92 Å². The molecule has 1 amide bonds. The van der Waals surface area contributed by atoms with Gasteiger partial charge in [-0.3, -0.25) is 9.89 Å². The normalized spacial score (nSPS) is 15.6. The molecule has 1 fully saturated rings. The van der Waals surface area contributed by atoms with Gasteiger partial charge in [0.2, 0.25) is 12.4 Å². The van der Waals surface area contributed by atoms with Crippen LogP contribution in [-0.2, 0) is 20.0 Å². The Hall–Kier alpha value is -4.28. The van der Waals surface area contributed by atoms with Crippen LogP contribution in [0.15, 0.2) is 55.0 Å². The zero-order valence-corrected chi connectivity index (χ0v) is 20.2. The Kier molecular flexibility index (Phi) is 5.82. The fraction of sp³-hybridized carbons (Fsp3) is 0.308. The number of benzene rings is 1. The molecule has 6 rings (SSSR count). The van der Waals surface area contributed by atoms with Crippen LogP contribution in [0.3, 0.4) is 0 Å². The highest BCUT2D eigenvalue weighted by molar-refractivity contribution is 5.94. The van der Waals surface area contributed by atoms with Crippen LogP contribution in [0.25, 0.3) is 11.1 Å². The van der Waals surface area contributed by atoms with E-state index in [-0.39, 0.29) is 19.0 Å². The molecule has 37 heavy (non-hydrogen) atoms. The van der Waals surface area contributed by atoms with Gasteiger partial charge in [0.25, 0.3) is 5.91 Å². The van der Waals surface area contributed by atoms with Crippen LogP contribution in [0.1, 0.15) is 21.7 Å². The van der Waals surface area contributed by atoms with Crippen molar-refractivity contribution in [3.05, 3.63) is 71.9 Å². The Balaban J connectivity index is 1.14. The van der Waals surface area contributed by atoms with Crippen molar-refractivity contribution in [1.29, 1.82) is 0 Å². The second-order valence-corrected chi connectivity index (χ2v) is 9.47. The number of aromatic amines is 1. The third kappa shape index (κ3) is 4.41. The maximum atomic E-state index is 12.9. The first-order valence-corrected chi connectivity index (χ1v) is 12.2. The maximum absolute atomic E-state index is 12.9. The molecule has 0 unspecified atom stereocenters. The Morgan fingerprint density at radius 3 is 2.70 bits per heavy atom. The molecule has 0 saturated carbocycles. The van der Waals surface area contributed by atoms with Crippen molar-refractivity contribution in [2.75, 3.05) is 29.9 Å². The van der Waals surface area contributed by atoms with E-state index < -0.39 is 12.3 Å². The number of alkyl halides is 2. The average Bonchev–Trinajstić information content (AvgIpc) is 3.52. The Bertz CT molecular complexity index is 1410. The van der Waals surface area contributed by atoms with Crippen LogP contribution in [0.2, 0.25) is 0 Å². The average molecular weight is 505 g/mol. The van der Waals surface area contributed by atoms with Crippen LogP contribution >= 0.6 is 0 Å². The number of H-pyrrole nitrogens is 1. The topological polar surface area (TPSA) is 95.0 Å². The number of halogens is 2.